The Kier molecular flexibility index (Phi) is 10.3. The van der Waals surface area contributed by atoms with Gasteiger partial charge in [-0.05, 0) is 18.1 Å². The Morgan fingerprint density at radius 2 is 1.17 bits per heavy atom. The summed E-state index contributed by atoms with van der Waals surface area (Å²) in [6.07, 6.45) is 3.10. The van der Waals surface area contributed by atoms with Crippen molar-refractivity contribution in [3.8, 4) is 0 Å². The molecule has 0 fully saturated rings. The Balaban J connectivity index is 0.000000201. The quantitative estimate of drug-likeness (QED) is 0.276. The summed E-state index contributed by atoms with van der Waals surface area (Å²) < 4.78 is 10.4. The predicted molar refractivity (Wildman–Crippen MR) is 142 cm³/mol. The number of benzene rings is 2. The van der Waals surface area contributed by atoms with Crippen LogP contribution in [-0.4, -0.2) is 21.9 Å². The standard InChI is InChI=1S/C14H15NO2S.C13H14N2O2S/c1-10(2)13-15-8-12(18-13)14(16)17-9-11-6-4-3-5-7-11;1-9(14)12-15-7-11(18-12)13(16)17-8-10-5-3-2-4-6-10/h3-8,10H,9H2,1-2H3;2-7,9H,8,14H2,1H3. The number of carbonyl (C=O) groups excluding carboxylic acids is 2. The molecule has 1 unspecified atom stereocenters. The van der Waals surface area contributed by atoms with Gasteiger partial charge in [0, 0.05) is 5.92 Å². The molecule has 0 aliphatic rings. The van der Waals surface area contributed by atoms with Crippen LogP contribution >= 0.6 is 22.7 Å². The van der Waals surface area contributed by atoms with Gasteiger partial charge in [0.05, 0.1) is 23.4 Å². The number of hydrogen-bond acceptors (Lipinski definition) is 9. The van der Waals surface area contributed by atoms with Gasteiger partial charge in [-0.1, -0.05) is 74.5 Å². The van der Waals surface area contributed by atoms with Crippen molar-refractivity contribution in [1.29, 1.82) is 0 Å². The molecule has 0 saturated heterocycles. The molecule has 2 aromatic carbocycles. The maximum absolute atomic E-state index is 11.8. The van der Waals surface area contributed by atoms with Crippen molar-refractivity contribution in [3.63, 3.8) is 0 Å². The summed E-state index contributed by atoms with van der Waals surface area (Å²) in [6.45, 7) is 6.51. The van der Waals surface area contributed by atoms with E-state index < -0.39 is 0 Å². The Bertz CT molecular complexity index is 1140. The van der Waals surface area contributed by atoms with Gasteiger partial charge in [0.15, 0.2) is 0 Å². The summed E-state index contributed by atoms with van der Waals surface area (Å²) in [5, 5.41) is 1.70. The van der Waals surface area contributed by atoms with Gasteiger partial charge in [-0.2, -0.15) is 0 Å². The number of aromatic nitrogens is 2. The number of nitrogens with zero attached hydrogens (tertiary/aromatic N) is 2. The minimum absolute atomic E-state index is 0.161. The van der Waals surface area contributed by atoms with Gasteiger partial charge in [0.1, 0.15) is 28.0 Å². The molecular formula is C27H29N3O4S2. The van der Waals surface area contributed by atoms with E-state index in [1.807, 2.05) is 67.6 Å². The maximum Gasteiger partial charge on any atom is 0.350 e. The molecule has 0 spiro atoms. The normalized spacial score (nSPS) is 11.4. The molecule has 36 heavy (non-hydrogen) atoms. The van der Waals surface area contributed by atoms with Crippen LogP contribution in [-0.2, 0) is 22.7 Å². The van der Waals surface area contributed by atoms with E-state index in [9.17, 15) is 9.59 Å². The predicted octanol–water partition coefficient (Wildman–Crippen LogP) is 6.14. The third-order valence-electron chi connectivity index (χ3n) is 4.76. The average molecular weight is 524 g/mol. The second kappa shape index (κ2) is 13.6. The van der Waals surface area contributed by atoms with Crippen molar-refractivity contribution in [1.82, 2.24) is 9.97 Å². The minimum Gasteiger partial charge on any atom is -0.457 e. The first-order chi connectivity index (χ1) is 17.3. The minimum atomic E-state index is -0.358. The third-order valence-corrected chi connectivity index (χ3v) is 7.21. The van der Waals surface area contributed by atoms with Crippen molar-refractivity contribution in [2.24, 2.45) is 5.73 Å². The summed E-state index contributed by atoms with van der Waals surface area (Å²) in [5.74, 6) is -0.322. The van der Waals surface area contributed by atoms with Crippen molar-refractivity contribution >= 4 is 34.6 Å². The lowest BCUT2D eigenvalue weighted by Gasteiger charge is -2.02. The first kappa shape index (κ1) is 27.2. The zero-order chi connectivity index (χ0) is 25.9. The van der Waals surface area contributed by atoms with Gasteiger partial charge in [-0.3, -0.25) is 0 Å². The second-order valence-electron chi connectivity index (χ2n) is 8.19. The number of ether oxygens (including phenoxy) is 2. The SMILES string of the molecule is CC(C)c1ncc(C(=O)OCc2ccccc2)s1.CC(N)c1ncc(C(=O)OCc2ccccc2)s1. The average Bonchev–Trinajstić information content (AvgIpc) is 3.59. The molecule has 0 amide bonds. The van der Waals surface area contributed by atoms with Crippen LogP contribution in [0.4, 0.5) is 0 Å². The molecule has 1 atom stereocenters. The summed E-state index contributed by atoms with van der Waals surface area (Å²) >= 11 is 2.67. The Labute approximate surface area is 219 Å². The van der Waals surface area contributed by atoms with Crippen LogP contribution in [0.1, 0.15) is 73.2 Å². The number of hydrogen-bond donors (Lipinski definition) is 1. The highest BCUT2D eigenvalue weighted by atomic mass is 32.1. The number of rotatable bonds is 8. The van der Waals surface area contributed by atoms with Gasteiger partial charge < -0.3 is 15.2 Å². The van der Waals surface area contributed by atoms with E-state index in [0.29, 0.717) is 22.3 Å². The first-order valence-corrected chi connectivity index (χ1v) is 13.1. The van der Waals surface area contributed by atoms with Crippen LogP contribution in [0, 0.1) is 0 Å². The molecule has 2 N–H and O–H groups in total. The number of thiazole rings is 2. The van der Waals surface area contributed by atoms with E-state index in [0.717, 1.165) is 21.1 Å². The summed E-state index contributed by atoms with van der Waals surface area (Å²) in [5.41, 5.74) is 7.63. The summed E-state index contributed by atoms with van der Waals surface area (Å²) in [7, 11) is 0. The molecule has 0 aliphatic carbocycles. The molecule has 4 rings (SSSR count). The van der Waals surface area contributed by atoms with E-state index in [2.05, 4.69) is 23.8 Å². The van der Waals surface area contributed by atoms with Crippen molar-refractivity contribution in [2.45, 2.75) is 45.9 Å². The highest BCUT2D eigenvalue weighted by molar-refractivity contribution is 7.14. The lowest BCUT2D eigenvalue weighted by atomic mass is 10.2. The van der Waals surface area contributed by atoms with Crippen LogP contribution in [0.15, 0.2) is 73.1 Å². The topological polar surface area (TPSA) is 104 Å². The van der Waals surface area contributed by atoms with Crippen LogP contribution in [0.2, 0.25) is 0 Å². The fraction of sp³-hybridized carbons (Fsp3) is 0.259. The fourth-order valence-corrected chi connectivity index (χ4v) is 4.41. The van der Waals surface area contributed by atoms with Crippen LogP contribution in [0.3, 0.4) is 0 Å². The Morgan fingerprint density at radius 1 is 0.750 bits per heavy atom. The van der Waals surface area contributed by atoms with E-state index in [-0.39, 0.29) is 24.6 Å². The zero-order valence-electron chi connectivity index (χ0n) is 20.4. The van der Waals surface area contributed by atoms with Crippen LogP contribution in [0.25, 0.3) is 0 Å². The maximum atomic E-state index is 11.8. The highest BCUT2D eigenvalue weighted by Gasteiger charge is 2.14. The van der Waals surface area contributed by atoms with E-state index in [1.54, 1.807) is 6.20 Å². The van der Waals surface area contributed by atoms with Gasteiger partial charge in [0.2, 0.25) is 0 Å². The van der Waals surface area contributed by atoms with Crippen molar-refractivity contribution in [3.05, 3.63) is 104 Å². The van der Waals surface area contributed by atoms with Crippen LogP contribution < -0.4 is 5.73 Å². The number of esters is 2. The lowest BCUT2D eigenvalue weighted by Crippen LogP contribution is -2.04. The van der Waals surface area contributed by atoms with Crippen molar-refractivity contribution < 1.29 is 19.1 Å². The summed E-state index contributed by atoms with van der Waals surface area (Å²) in [6, 6.07) is 19.0. The van der Waals surface area contributed by atoms with E-state index >= 15 is 0 Å². The molecule has 2 aromatic heterocycles. The molecule has 0 saturated carbocycles. The van der Waals surface area contributed by atoms with Gasteiger partial charge in [-0.25, -0.2) is 19.6 Å². The lowest BCUT2D eigenvalue weighted by molar-refractivity contribution is 0.0469. The highest BCUT2D eigenvalue weighted by Crippen LogP contribution is 2.22. The molecule has 7 nitrogen and oxygen atoms in total. The zero-order valence-corrected chi connectivity index (χ0v) is 22.1. The Morgan fingerprint density at radius 3 is 1.53 bits per heavy atom. The number of carbonyl (C=O) groups is 2. The summed E-state index contributed by atoms with van der Waals surface area (Å²) in [4.78, 5) is 32.9. The van der Waals surface area contributed by atoms with Gasteiger partial charge >= 0.3 is 11.9 Å². The molecule has 0 bridgehead atoms. The second-order valence-corrected chi connectivity index (χ2v) is 10.3. The first-order valence-electron chi connectivity index (χ1n) is 11.4. The Hall–Kier alpha value is -3.40. The fourth-order valence-electron chi connectivity index (χ4n) is 2.83. The number of nitrogens with two attached hydrogens (primary N) is 1. The molecule has 9 heteroatoms. The van der Waals surface area contributed by atoms with Gasteiger partial charge in [0.25, 0.3) is 0 Å². The van der Waals surface area contributed by atoms with E-state index in [1.165, 1.54) is 28.9 Å². The molecule has 188 valence electrons. The van der Waals surface area contributed by atoms with Crippen molar-refractivity contribution in [2.75, 3.05) is 0 Å². The molecule has 4 aromatic rings. The smallest absolute Gasteiger partial charge is 0.350 e. The molecule has 2 heterocycles. The largest absolute Gasteiger partial charge is 0.457 e. The van der Waals surface area contributed by atoms with E-state index in [4.69, 9.17) is 15.2 Å². The molecular weight excluding hydrogens is 494 g/mol. The molecule has 0 radical (unpaired) electrons. The monoisotopic (exact) mass is 523 g/mol. The third kappa shape index (κ3) is 8.37. The van der Waals surface area contributed by atoms with Crippen LogP contribution in [0.5, 0.6) is 0 Å². The van der Waals surface area contributed by atoms with Gasteiger partial charge in [-0.15, -0.1) is 22.7 Å². The molecule has 0 aliphatic heterocycles.